The van der Waals surface area contributed by atoms with Crippen LogP contribution < -0.4 is 0 Å². The van der Waals surface area contributed by atoms with Crippen LogP contribution >= 0.6 is 0 Å². The maximum atomic E-state index is 11.4. The maximum Gasteiger partial charge on any atom is 0.306 e. The third-order valence-electron chi connectivity index (χ3n) is 3.24. The molecule has 0 aromatic carbocycles. The summed E-state index contributed by atoms with van der Waals surface area (Å²) in [5, 5.41) is 10.7. The van der Waals surface area contributed by atoms with Crippen molar-refractivity contribution in [2.24, 2.45) is 11.3 Å². The molecule has 0 aromatic rings. The fraction of sp³-hybridized carbons (Fsp3) is 0.909. The highest BCUT2D eigenvalue weighted by molar-refractivity contribution is 5.70. The van der Waals surface area contributed by atoms with Gasteiger partial charge in [-0.15, -0.1) is 0 Å². The van der Waals surface area contributed by atoms with Gasteiger partial charge in [0.05, 0.1) is 13.0 Å². The molecule has 5 nitrogen and oxygen atoms in total. The summed E-state index contributed by atoms with van der Waals surface area (Å²) >= 11 is 0. The minimum absolute atomic E-state index is 0.115. The Kier molecular flexibility index (Phi) is 4.26. The third-order valence-corrected chi connectivity index (χ3v) is 3.24. The summed E-state index contributed by atoms with van der Waals surface area (Å²) < 4.78 is 4.88. The molecular weight excluding hydrogens is 210 g/mol. The topological polar surface area (TPSA) is 69.4 Å². The number of nitro groups is 1. The molecule has 0 amide bonds. The number of hydrogen-bond donors (Lipinski definition) is 0. The molecule has 0 saturated heterocycles. The van der Waals surface area contributed by atoms with Crippen molar-refractivity contribution in [1.29, 1.82) is 0 Å². The van der Waals surface area contributed by atoms with E-state index in [4.69, 9.17) is 4.74 Å². The zero-order chi connectivity index (χ0) is 12.2. The van der Waals surface area contributed by atoms with Crippen LogP contribution in [0.15, 0.2) is 0 Å². The monoisotopic (exact) mass is 229 g/mol. The summed E-state index contributed by atoms with van der Waals surface area (Å²) in [4.78, 5) is 21.8. The second kappa shape index (κ2) is 5.27. The van der Waals surface area contributed by atoms with Crippen molar-refractivity contribution in [3.05, 3.63) is 10.1 Å². The highest BCUT2D eigenvalue weighted by Crippen LogP contribution is 2.44. The first-order chi connectivity index (χ1) is 7.47. The molecule has 1 rings (SSSR count). The minimum atomic E-state index is -0.463. The number of carbonyl (C=O) groups is 1. The van der Waals surface area contributed by atoms with Crippen molar-refractivity contribution >= 4 is 5.97 Å². The fourth-order valence-corrected chi connectivity index (χ4v) is 2.65. The van der Waals surface area contributed by atoms with E-state index in [2.05, 4.69) is 6.92 Å². The van der Waals surface area contributed by atoms with Gasteiger partial charge in [-0.05, 0) is 32.1 Å². The molecule has 2 atom stereocenters. The van der Waals surface area contributed by atoms with E-state index in [9.17, 15) is 14.9 Å². The fourth-order valence-electron chi connectivity index (χ4n) is 2.65. The zero-order valence-corrected chi connectivity index (χ0v) is 9.90. The first-order valence-electron chi connectivity index (χ1n) is 5.75. The number of nitrogens with zero attached hydrogens (tertiary/aromatic N) is 1. The van der Waals surface area contributed by atoms with Crippen LogP contribution in [0, 0.1) is 21.4 Å². The van der Waals surface area contributed by atoms with Crippen molar-refractivity contribution < 1.29 is 14.5 Å². The molecule has 92 valence electrons. The largest absolute Gasteiger partial charge is 0.466 e. The van der Waals surface area contributed by atoms with Crippen LogP contribution in [0.5, 0.6) is 0 Å². The normalized spacial score (nSPS) is 29.0. The maximum absolute atomic E-state index is 11.4. The molecule has 0 radical (unpaired) electrons. The molecule has 0 spiro atoms. The smallest absolute Gasteiger partial charge is 0.306 e. The molecule has 0 aliphatic heterocycles. The summed E-state index contributed by atoms with van der Waals surface area (Å²) in [6.07, 6.45) is 2.67. The van der Waals surface area contributed by atoms with E-state index in [0.717, 1.165) is 19.3 Å². The molecule has 1 fully saturated rings. The first-order valence-corrected chi connectivity index (χ1v) is 5.75. The highest BCUT2D eigenvalue weighted by Gasteiger charge is 2.43. The standard InChI is InChI=1S/C11H19NO4/c1-3-16-10(13)7-11(8-12(14)15)5-4-9(2)6-11/h9H,3-8H2,1-2H3/t9-,11+/m0/s1. The minimum Gasteiger partial charge on any atom is -0.466 e. The zero-order valence-electron chi connectivity index (χ0n) is 9.90. The van der Waals surface area contributed by atoms with Crippen LogP contribution in [-0.2, 0) is 9.53 Å². The van der Waals surface area contributed by atoms with E-state index < -0.39 is 5.41 Å². The van der Waals surface area contributed by atoms with Gasteiger partial charge < -0.3 is 4.74 Å². The van der Waals surface area contributed by atoms with E-state index >= 15 is 0 Å². The van der Waals surface area contributed by atoms with Gasteiger partial charge in [-0.25, -0.2) is 0 Å². The Morgan fingerprint density at radius 1 is 1.62 bits per heavy atom. The predicted octanol–water partition coefficient (Wildman–Crippen LogP) is 2.02. The van der Waals surface area contributed by atoms with Gasteiger partial charge in [-0.1, -0.05) is 6.92 Å². The quantitative estimate of drug-likeness (QED) is 0.411. The summed E-state index contributed by atoms with van der Waals surface area (Å²) in [6.45, 7) is 4.04. The molecule has 5 heteroatoms. The van der Waals surface area contributed by atoms with Crippen molar-refractivity contribution in [2.75, 3.05) is 13.2 Å². The molecule has 0 unspecified atom stereocenters. The summed E-state index contributed by atoms with van der Waals surface area (Å²) in [5.74, 6) is 0.160. The molecule has 1 aliphatic rings. The summed E-state index contributed by atoms with van der Waals surface area (Å²) in [6, 6.07) is 0. The van der Waals surface area contributed by atoms with Crippen molar-refractivity contribution in [2.45, 2.75) is 39.5 Å². The van der Waals surface area contributed by atoms with Crippen LogP contribution in [0.25, 0.3) is 0 Å². The second-order valence-electron chi connectivity index (χ2n) is 4.82. The highest BCUT2D eigenvalue weighted by atomic mass is 16.6. The molecule has 1 saturated carbocycles. The lowest BCUT2D eigenvalue weighted by atomic mass is 9.82. The van der Waals surface area contributed by atoms with Gasteiger partial charge in [-0.3, -0.25) is 14.9 Å². The van der Waals surface area contributed by atoms with E-state index in [1.54, 1.807) is 6.92 Å². The Bertz CT molecular complexity index is 279. The Hall–Kier alpha value is -1.13. The van der Waals surface area contributed by atoms with Crippen molar-refractivity contribution in [1.82, 2.24) is 0 Å². The Labute approximate surface area is 95.3 Å². The van der Waals surface area contributed by atoms with Crippen LogP contribution in [0.3, 0.4) is 0 Å². The molecule has 0 N–H and O–H groups in total. The van der Waals surface area contributed by atoms with Crippen LogP contribution in [0.4, 0.5) is 0 Å². The van der Waals surface area contributed by atoms with Gasteiger partial charge in [0.1, 0.15) is 0 Å². The van der Waals surface area contributed by atoms with Crippen LogP contribution in [0.2, 0.25) is 0 Å². The van der Waals surface area contributed by atoms with Gasteiger partial charge in [0.15, 0.2) is 0 Å². The lowest BCUT2D eigenvalue weighted by molar-refractivity contribution is -0.497. The van der Waals surface area contributed by atoms with E-state index in [0.29, 0.717) is 12.5 Å². The number of carbonyl (C=O) groups excluding carboxylic acids is 1. The number of ether oxygens (including phenoxy) is 1. The Morgan fingerprint density at radius 3 is 2.75 bits per heavy atom. The number of esters is 1. The molecule has 0 bridgehead atoms. The van der Waals surface area contributed by atoms with Crippen molar-refractivity contribution in [3.63, 3.8) is 0 Å². The number of hydrogen-bond acceptors (Lipinski definition) is 4. The van der Waals surface area contributed by atoms with Gasteiger partial charge in [-0.2, -0.15) is 0 Å². The second-order valence-corrected chi connectivity index (χ2v) is 4.82. The Balaban J connectivity index is 2.64. The summed E-state index contributed by atoms with van der Waals surface area (Å²) in [7, 11) is 0. The van der Waals surface area contributed by atoms with Gasteiger partial charge in [0.2, 0.25) is 6.54 Å². The van der Waals surface area contributed by atoms with E-state index in [1.165, 1.54) is 0 Å². The molecule has 1 aliphatic carbocycles. The van der Waals surface area contributed by atoms with Gasteiger partial charge in [0.25, 0.3) is 0 Å². The lowest BCUT2D eigenvalue weighted by Crippen LogP contribution is -2.30. The predicted molar refractivity (Wildman–Crippen MR) is 58.6 cm³/mol. The third kappa shape index (κ3) is 3.47. The molecular formula is C11H19NO4. The van der Waals surface area contributed by atoms with Crippen LogP contribution in [-0.4, -0.2) is 24.0 Å². The number of rotatable bonds is 5. The van der Waals surface area contributed by atoms with Crippen molar-refractivity contribution in [3.8, 4) is 0 Å². The average molecular weight is 229 g/mol. The van der Waals surface area contributed by atoms with Crippen LogP contribution in [0.1, 0.15) is 39.5 Å². The molecule has 0 heterocycles. The Morgan fingerprint density at radius 2 is 2.31 bits per heavy atom. The molecule has 16 heavy (non-hydrogen) atoms. The van der Waals surface area contributed by atoms with Gasteiger partial charge >= 0.3 is 5.97 Å². The molecule has 0 aromatic heterocycles. The first kappa shape index (κ1) is 12.9. The lowest BCUT2D eigenvalue weighted by Gasteiger charge is -2.23. The van der Waals surface area contributed by atoms with E-state index in [1.807, 2.05) is 0 Å². The van der Waals surface area contributed by atoms with E-state index in [-0.39, 0.29) is 23.9 Å². The van der Waals surface area contributed by atoms with Gasteiger partial charge in [0, 0.05) is 10.3 Å². The SMILES string of the molecule is CCOC(=O)C[C@@]1(C[N+](=O)[O-])CC[C@H](C)C1. The summed E-state index contributed by atoms with van der Waals surface area (Å²) in [5.41, 5.74) is -0.463. The average Bonchev–Trinajstić information content (AvgIpc) is 2.46.